The number of carbonyl (C=O) groups is 1. The van der Waals surface area contributed by atoms with Crippen LogP contribution < -0.4 is 20.7 Å². The molecule has 0 spiro atoms. The van der Waals surface area contributed by atoms with Gasteiger partial charge in [-0.3, -0.25) is 5.41 Å². The molecule has 0 radical (unpaired) electrons. The van der Waals surface area contributed by atoms with Crippen LogP contribution in [-0.2, 0) is 6.42 Å². The highest BCUT2D eigenvalue weighted by Crippen LogP contribution is 2.33. The standard InChI is InChI=1S/C13H20N4O2/c1-4-6-9-7-5-8-10(19-3)11(9)17(12(14)15)13(18)16-2/h5,7-8H,4,6H2,1-3H3,(H3,14,15)(H,16,18). The summed E-state index contributed by atoms with van der Waals surface area (Å²) in [5.41, 5.74) is 6.97. The minimum absolute atomic E-state index is 0.346. The molecule has 0 fully saturated rings. The lowest BCUT2D eigenvalue weighted by Crippen LogP contribution is -2.46. The molecule has 0 bridgehead atoms. The lowest BCUT2D eigenvalue weighted by molar-refractivity contribution is 0.250. The molecule has 0 unspecified atom stereocenters. The molecule has 0 saturated carbocycles. The fourth-order valence-corrected chi connectivity index (χ4v) is 1.90. The molecule has 0 atom stereocenters. The van der Waals surface area contributed by atoms with Gasteiger partial charge in [0.25, 0.3) is 0 Å². The van der Waals surface area contributed by atoms with E-state index in [0.717, 1.165) is 23.3 Å². The van der Waals surface area contributed by atoms with Gasteiger partial charge >= 0.3 is 6.03 Å². The van der Waals surface area contributed by atoms with E-state index < -0.39 is 6.03 Å². The number of anilines is 1. The van der Waals surface area contributed by atoms with E-state index in [2.05, 4.69) is 5.32 Å². The van der Waals surface area contributed by atoms with Crippen molar-refractivity contribution >= 4 is 17.7 Å². The zero-order valence-corrected chi connectivity index (χ0v) is 11.5. The second-order valence-corrected chi connectivity index (χ2v) is 3.99. The Bertz CT molecular complexity index is 474. The molecule has 19 heavy (non-hydrogen) atoms. The number of nitrogens with one attached hydrogen (secondary N) is 2. The summed E-state index contributed by atoms with van der Waals surface area (Å²) < 4.78 is 5.28. The molecule has 1 aromatic rings. The highest BCUT2D eigenvalue weighted by atomic mass is 16.5. The van der Waals surface area contributed by atoms with Crippen molar-refractivity contribution in [2.75, 3.05) is 19.1 Å². The molecular formula is C13H20N4O2. The van der Waals surface area contributed by atoms with Crippen molar-refractivity contribution in [3.05, 3.63) is 23.8 Å². The van der Waals surface area contributed by atoms with E-state index in [9.17, 15) is 4.79 Å². The van der Waals surface area contributed by atoms with Gasteiger partial charge in [0.2, 0.25) is 5.96 Å². The summed E-state index contributed by atoms with van der Waals surface area (Å²) in [5.74, 6) is 0.172. The van der Waals surface area contributed by atoms with Crippen LogP contribution in [0.25, 0.3) is 0 Å². The fraction of sp³-hybridized carbons (Fsp3) is 0.385. The number of nitrogens with two attached hydrogens (primary N) is 1. The summed E-state index contributed by atoms with van der Waals surface area (Å²) in [7, 11) is 3.02. The van der Waals surface area contributed by atoms with Crippen LogP contribution in [0, 0.1) is 5.41 Å². The number of rotatable bonds is 4. The first kappa shape index (κ1) is 14.8. The van der Waals surface area contributed by atoms with E-state index >= 15 is 0 Å². The number of methoxy groups -OCH3 is 1. The summed E-state index contributed by atoms with van der Waals surface area (Å²) in [5, 5.41) is 10.1. The maximum atomic E-state index is 11.9. The first-order chi connectivity index (χ1) is 9.06. The Morgan fingerprint density at radius 2 is 2.21 bits per heavy atom. The van der Waals surface area contributed by atoms with E-state index in [1.807, 2.05) is 19.1 Å². The normalized spacial score (nSPS) is 9.84. The number of benzene rings is 1. The highest BCUT2D eigenvalue weighted by molar-refractivity contribution is 6.15. The first-order valence-electron chi connectivity index (χ1n) is 6.08. The van der Waals surface area contributed by atoms with Gasteiger partial charge in [-0.2, -0.15) is 0 Å². The molecule has 4 N–H and O–H groups in total. The molecule has 0 heterocycles. The van der Waals surface area contributed by atoms with E-state index in [4.69, 9.17) is 15.9 Å². The number of amides is 2. The van der Waals surface area contributed by atoms with Crippen molar-refractivity contribution in [1.29, 1.82) is 5.41 Å². The number of para-hydroxylation sites is 1. The number of hydrogen-bond donors (Lipinski definition) is 3. The van der Waals surface area contributed by atoms with Gasteiger partial charge in [-0.05, 0) is 18.1 Å². The predicted molar refractivity (Wildman–Crippen MR) is 75.8 cm³/mol. The molecule has 104 valence electrons. The quantitative estimate of drug-likeness (QED) is 0.571. The summed E-state index contributed by atoms with van der Waals surface area (Å²) in [6.45, 7) is 2.04. The number of aryl methyl sites for hydroxylation is 1. The fourth-order valence-electron chi connectivity index (χ4n) is 1.90. The number of guanidine groups is 1. The van der Waals surface area contributed by atoms with Crippen LogP contribution in [0.1, 0.15) is 18.9 Å². The third kappa shape index (κ3) is 3.15. The summed E-state index contributed by atoms with van der Waals surface area (Å²) in [6, 6.07) is 5.04. The Balaban J connectivity index is 3.41. The third-order valence-electron chi connectivity index (χ3n) is 2.70. The van der Waals surface area contributed by atoms with Crippen molar-refractivity contribution < 1.29 is 9.53 Å². The second kappa shape index (κ2) is 6.63. The van der Waals surface area contributed by atoms with Gasteiger partial charge in [0.1, 0.15) is 5.75 Å². The number of urea groups is 1. The number of carbonyl (C=O) groups excluding carboxylic acids is 1. The van der Waals surface area contributed by atoms with Crippen molar-refractivity contribution in [3.63, 3.8) is 0 Å². The molecule has 6 heteroatoms. The topological polar surface area (TPSA) is 91.4 Å². The third-order valence-corrected chi connectivity index (χ3v) is 2.70. The Morgan fingerprint density at radius 1 is 1.53 bits per heavy atom. The molecule has 2 amide bonds. The molecule has 0 saturated heterocycles. The van der Waals surface area contributed by atoms with Gasteiger partial charge in [0.15, 0.2) is 0 Å². The SMILES string of the molecule is CCCc1cccc(OC)c1N(C(=N)N)C(=O)NC. The molecule has 0 aliphatic carbocycles. The first-order valence-corrected chi connectivity index (χ1v) is 6.08. The molecular weight excluding hydrogens is 244 g/mol. The van der Waals surface area contributed by atoms with Crippen LogP contribution in [0.3, 0.4) is 0 Å². The predicted octanol–water partition coefficient (Wildman–Crippen LogP) is 1.69. The Labute approximate surface area is 113 Å². The van der Waals surface area contributed by atoms with Crippen LogP contribution >= 0.6 is 0 Å². The van der Waals surface area contributed by atoms with Crippen LogP contribution in [-0.4, -0.2) is 26.1 Å². The zero-order valence-electron chi connectivity index (χ0n) is 11.5. The molecule has 6 nitrogen and oxygen atoms in total. The Kier molecular flexibility index (Phi) is 5.17. The minimum atomic E-state index is -0.464. The van der Waals surface area contributed by atoms with Crippen LogP contribution in [0.4, 0.5) is 10.5 Å². The summed E-state index contributed by atoms with van der Waals surface area (Å²) in [6.07, 6.45) is 1.69. The maximum Gasteiger partial charge on any atom is 0.328 e. The zero-order chi connectivity index (χ0) is 14.4. The maximum absolute atomic E-state index is 11.9. The van der Waals surface area contributed by atoms with Crippen molar-refractivity contribution in [2.24, 2.45) is 5.73 Å². The summed E-state index contributed by atoms with van der Waals surface area (Å²) >= 11 is 0. The lowest BCUT2D eigenvalue weighted by atomic mass is 10.1. The highest BCUT2D eigenvalue weighted by Gasteiger charge is 2.24. The molecule has 1 aromatic carbocycles. The second-order valence-electron chi connectivity index (χ2n) is 3.99. The van der Waals surface area contributed by atoms with Crippen molar-refractivity contribution in [3.8, 4) is 5.75 Å². The average Bonchev–Trinajstić information content (AvgIpc) is 2.40. The largest absolute Gasteiger partial charge is 0.495 e. The van der Waals surface area contributed by atoms with Crippen LogP contribution in [0.2, 0.25) is 0 Å². The molecule has 1 rings (SSSR count). The molecule has 0 aliphatic heterocycles. The van der Waals surface area contributed by atoms with Gasteiger partial charge in [0.05, 0.1) is 12.8 Å². The Morgan fingerprint density at radius 3 is 2.68 bits per heavy atom. The van der Waals surface area contributed by atoms with Gasteiger partial charge in [0, 0.05) is 7.05 Å². The minimum Gasteiger partial charge on any atom is -0.495 e. The van der Waals surface area contributed by atoms with E-state index in [0.29, 0.717) is 11.4 Å². The number of ether oxygens (including phenoxy) is 1. The van der Waals surface area contributed by atoms with E-state index in [-0.39, 0.29) is 5.96 Å². The average molecular weight is 264 g/mol. The number of nitrogens with zero attached hydrogens (tertiary/aromatic N) is 1. The van der Waals surface area contributed by atoms with Gasteiger partial charge in [-0.25, -0.2) is 9.69 Å². The van der Waals surface area contributed by atoms with Crippen molar-refractivity contribution in [1.82, 2.24) is 5.32 Å². The van der Waals surface area contributed by atoms with Gasteiger partial charge in [-0.15, -0.1) is 0 Å². The van der Waals surface area contributed by atoms with Crippen molar-refractivity contribution in [2.45, 2.75) is 19.8 Å². The number of hydrogen-bond acceptors (Lipinski definition) is 3. The Hall–Kier alpha value is -2.24. The van der Waals surface area contributed by atoms with Gasteiger partial charge in [-0.1, -0.05) is 25.5 Å². The van der Waals surface area contributed by atoms with Crippen LogP contribution in [0.5, 0.6) is 5.75 Å². The van der Waals surface area contributed by atoms with Crippen LogP contribution in [0.15, 0.2) is 18.2 Å². The van der Waals surface area contributed by atoms with Gasteiger partial charge < -0.3 is 15.8 Å². The van der Waals surface area contributed by atoms with E-state index in [1.165, 1.54) is 14.2 Å². The molecule has 0 aliphatic rings. The lowest BCUT2D eigenvalue weighted by Gasteiger charge is -2.24. The summed E-state index contributed by atoms with van der Waals surface area (Å²) in [4.78, 5) is 13.0. The molecule has 0 aromatic heterocycles. The monoisotopic (exact) mass is 264 g/mol. The smallest absolute Gasteiger partial charge is 0.328 e. The van der Waals surface area contributed by atoms with E-state index in [1.54, 1.807) is 6.07 Å².